The zero-order chi connectivity index (χ0) is 15.2. The highest BCUT2D eigenvalue weighted by Crippen LogP contribution is 2.11. The number of hydrogen-bond acceptors (Lipinski definition) is 5. The summed E-state index contributed by atoms with van der Waals surface area (Å²) in [5, 5.41) is 6.48. The van der Waals surface area contributed by atoms with Gasteiger partial charge in [0.15, 0.2) is 5.82 Å². The first-order chi connectivity index (χ1) is 10.1. The first-order valence-electron chi connectivity index (χ1n) is 6.47. The fourth-order valence-electron chi connectivity index (χ4n) is 1.77. The average Bonchev–Trinajstić information content (AvgIpc) is 2.89. The molecule has 6 heteroatoms. The summed E-state index contributed by atoms with van der Waals surface area (Å²) in [5.74, 6) is 6.38. The van der Waals surface area contributed by atoms with E-state index in [-0.39, 0.29) is 19.0 Å². The van der Waals surface area contributed by atoms with Crippen molar-refractivity contribution in [3.63, 3.8) is 0 Å². The monoisotopic (exact) mass is 284 g/mol. The Labute approximate surface area is 122 Å². The van der Waals surface area contributed by atoms with E-state index < -0.39 is 0 Å². The molecule has 108 valence electrons. The number of rotatable bonds is 3. The molecule has 0 spiro atoms. The number of carbonyl (C=O) groups excluding carboxylic acids is 1. The molecule has 0 radical (unpaired) electrons. The molecule has 1 amide bonds. The summed E-state index contributed by atoms with van der Waals surface area (Å²) in [7, 11) is 0. The van der Waals surface area contributed by atoms with E-state index in [9.17, 15) is 4.79 Å². The van der Waals surface area contributed by atoms with Crippen LogP contribution in [0.5, 0.6) is 0 Å². The molecular formula is C15H16N4O2. The van der Waals surface area contributed by atoms with Gasteiger partial charge in [-0.3, -0.25) is 4.79 Å². The predicted octanol–water partition coefficient (Wildman–Crippen LogP) is 0.927. The van der Waals surface area contributed by atoms with Crippen molar-refractivity contribution in [3.05, 3.63) is 46.6 Å². The van der Waals surface area contributed by atoms with E-state index in [1.165, 1.54) is 0 Å². The van der Waals surface area contributed by atoms with Crippen LogP contribution in [0.1, 0.15) is 33.2 Å². The maximum absolute atomic E-state index is 12.2. The topological polar surface area (TPSA) is 94.0 Å². The zero-order valence-corrected chi connectivity index (χ0v) is 11.9. The fraction of sp³-hybridized carbons (Fsp3) is 0.267. The Bertz CT molecular complexity index is 710. The largest absolute Gasteiger partial charge is 0.345 e. The van der Waals surface area contributed by atoms with E-state index in [1.807, 2.05) is 19.1 Å². The molecule has 0 aliphatic rings. The third-order valence-electron chi connectivity index (χ3n) is 2.79. The van der Waals surface area contributed by atoms with Crippen LogP contribution >= 0.6 is 0 Å². The van der Waals surface area contributed by atoms with Gasteiger partial charge in [0.2, 0.25) is 5.89 Å². The molecule has 0 unspecified atom stereocenters. The van der Waals surface area contributed by atoms with Gasteiger partial charge < -0.3 is 15.6 Å². The van der Waals surface area contributed by atoms with Crippen molar-refractivity contribution in [3.8, 4) is 11.8 Å². The smallest absolute Gasteiger partial charge is 0.251 e. The van der Waals surface area contributed by atoms with Crippen molar-refractivity contribution < 1.29 is 9.32 Å². The molecule has 1 aromatic heterocycles. The van der Waals surface area contributed by atoms with Crippen LogP contribution in [-0.2, 0) is 6.54 Å². The quantitative estimate of drug-likeness (QED) is 0.818. The highest BCUT2D eigenvalue weighted by molar-refractivity contribution is 5.95. The normalized spacial score (nSPS) is 9.86. The second-order valence-electron chi connectivity index (χ2n) is 4.45. The van der Waals surface area contributed by atoms with Crippen LogP contribution < -0.4 is 11.1 Å². The minimum atomic E-state index is -0.202. The maximum atomic E-state index is 12.2. The third kappa shape index (κ3) is 3.91. The predicted molar refractivity (Wildman–Crippen MR) is 77.3 cm³/mol. The Balaban J connectivity index is 2.10. The van der Waals surface area contributed by atoms with Crippen molar-refractivity contribution in [2.24, 2.45) is 5.73 Å². The highest BCUT2D eigenvalue weighted by Gasteiger charge is 2.11. The van der Waals surface area contributed by atoms with E-state index in [0.29, 0.717) is 17.3 Å². The van der Waals surface area contributed by atoms with Gasteiger partial charge >= 0.3 is 0 Å². The third-order valence-corrected chi connectivity index (χ3v) is 2.79. The van der Waals surface area contributed by atoms with Crippen LogP contribution in [0.2, 0.25) is 0 Å². The standard InChI is InChI=1S/C15H16N4O2/c1-10-5-6-12(4-3-7-16)8-13(10)15(20)17-9-14-18-11(2)21-19-14/h5-6,8H,7,9,16H2,1-2H3,(H,17,20). The molecule has 3 N–H and O–H groups in total. The molecule has 0 saturated carbocycles. The lowest BCUT2D eigenvalue weighted by molar-refractivity contribution is 0.0949. The molecule has 0 saturated heterocycles. The van der Waals surface area contributed by atoms with Crippen LogP contribution in [-0.4, -0.2) is 22.6 Å². The molecule has 0 fully saturated rings. The number of nitrogens with zero attached hydrogens (tertiary/aromatic N) is 2. The van der Waals surface area contributed by atoms with Crippen LogP contribution in [0.3, 0.4) is 0 Å². The first-order valence-corrected chi connectivity index (χ1v) is 6.47. The molecule has 1 heterocycles. The summed E-state index contributed by atoms with van der Waals surface area (Å²) in [6, 6.07) is 5.46. The average molecular weight is 284 g/mol. The lowest BCUT2D eigenvalue weighted by Crippen LogP contribution is -2.24. The number of nitrogens with two attached hydrogens (primary N) is 1. The van der Waals surface area contributed by atoms with E-state index in [4.69, 9.17) is 10.3 Å². The molecule has 6 nitrogen and oxygen atoms in total. The van der Waals surface area contributed by atoms with Crippen molar-refractivity contribution in [2.75, 3.05) is 6.54 Å². The lowest BCUT2D eigenvalue weighted by Gasteiger charge is -2.06. The summed E-state index contributed by atoms with van der Waals surface area (Å²) in [6.07, 6.45) is 0. The summed E-state index contributed by atoms with van der Waals surface area (Å²) < 4.78 is 4.85. The van der Waals surface area contributed by atoms with Crippen LogP contribution in [0.4, 0.5) is 0 Å². The van der Waals surface area contributed by atoms with Gasteiger partial charge in [0.1, 0.15) is 0 Å². The number of hydrogen-bond donors (Lipinski definition) is 2. The Hall–Kier alpha value is -2.65. The molecule has 0 atom stereocenters. The minimum Gasteiger partial charge on any atom is -0.345 e. The van der Waals surface area contributed by atoms with Crippen molar-refractivity contribution in [1.29, 1.82) is 0 Å². The summed E-state index contributed by atoms with van der Waals surface area (Å²) in [4.78, 5) is 16.2. The van der Waals surface area contributed by atoms with E-state index in [1.54, 1.807) is 13.0 Å². The fourth-order valence-corrected chi connectivity index (χ4v) is 1.77. The Morgan fingerprint density at radius 3 is 2.90 bits per heavy atom. The number of aromatic nitrogens is 2. The number of nitrogens with one attached hydrogen (secondary N) is 1. The van der Waals surface area contributed by atoms with Crippen LogP contribution in [0, 0.1) is 25.7 Å². The highest BCUT2D eigenvalue weighted by atomic mass is 16.5. The first kappa shape index (κ1) is 14.8. The lowest BCUT2D eigenvalue weighted by atomic mass is 10.0. The van der Waals surface area contributed by atoms with Gasteiger partial charge in [-0.25, -0.2) is 0 Å². The Kier molecular flexibility index (Phi) is 4.69. The molecule has 2 rings (SSSR count). The summed E-state index contributed by atoms with van der Waals surface area (Å²) in [6.45, 7) is 4.07. The molecule has 0 aliphatic heterocycles. The number of carbonyl (C=O) groups is 1. The Morgan fingerprint density at radius 2 is 2.24 bits per heavy atom. The molecule has 2 aromatic rings. The Morgan fingerprint density at radius 1 is 1.43 bits per heavy atom. The van der Waals surface area contributed by atoms with Crippen LogP contribution in [0.25, 0.3) is 0 Å². The zero-order valence-electron chi connectivity index (χ0n) is 11.9. The van der Waals surface area contributed by atoms with Gasteiger partial charge in [0, 0.05) is 18.1 Å². The van der Waals surface area contributed by atoms with Gasteiger partial charge in [-0.1, -0.05) is 23.1 Å². The van der Waals surface area contributed by atoms with Crippen molar-refractivity contribution in [1.82, 2.24) is 15.5 Å². The van der Waals surface area contributed by atoms with E-state index >= 15 is 0 Å². The van der Waals surface area contributed by atoms with Gasteiger partial charge in [-0.05, 0) is 24.6 Å². The van der Waals surface area contributed by atoms with Gasteiger partial charge in [0.05, 0.1) is 13.1 Å². The summed E-state index contributed by atoms with van der Waals surface area (Å²) >= 11 is 0. The second-order valence-corrected chi connectivity index (χ2v) is 4.45. The van der Waals surface area contributed by atoms with Gasteiger partial charge in [0.25, 0.3) is 5.91 Å². The number of aryl methyl sites for hydroxylation is 2. The van der Waals surface area contributed by atoms with Crippen molar-refractivity contribution in [2.45, 2.75) is 20.4 Å². The van der Waals surface area contributed by atoms with E-state index in [0.717, 1.165) is 11.1 Å². The van der Waals surface area contributed by atoms with Crippen LogP contribution in [0.15, 0.2) is 22.7 Å². The molecule has 21 heavy (non-hydrogen) atoms. The molecule has 0 aliphatic carbocycles. The van der Waals surface area contributed by atoms with Gasteiger partial charge in [-0.2, -0.15) is 4.98 Å². The SMILES string of the molecule is Cc1nc(CNC(=O)c2cc(C#CCN)ccc2C)no1. The van der Waals surface area contributed by atoms with Gasteiger partial charge in [-0.15, -0.1) is 0 Å². The number of benzene rings is 1. The second kappa shape index (κ2) is 6.68. The molecule has 0 bridgehead atoms. The van der Waals surface area contributed by atoms with Crippen molar-refractivity contribution >= 4 is 5.91 Å². The molecule has 1 aromatic carbocycles. The summed E-state index contributed by atoms with van der Waals surface area (Å²) in [5.41, 5.74) is 7.54. The number of amides is 1. The molecular weight excluding hydrogens is 268 g/mol. The van der Waals surface area contributed by atoms with E-state index in [2.05, 4.69) is 27.3 Å². The maximum Gasteiger partial charge on any atom is 0.251 e. The minimum absolute atomic E-state index is 0.202.